The number of benzene rings is 1. The molecule has 0 aliphatic carbocycles. The van der Waals surface area contributed by atoms with Gasteiger partial charge >= 0.3 is 0 Å². The SMILES string of the molecule is Fc1cc(F)c(CNCCCc2ncn[nH]2)cc1F. The zero-order valence-corrected chi connectivity index (χ0v) is 10.1. The highest BCUT2D eigenvalue weighted by atomic mass is 19.2. The minimum Gasteiger partial charge on any atom is -0.313 e. The Balaban J connectivity index is 1.75. The second kappa shape index (κ2) is 6.33. The van der Waals surface area contributed by atoms with Crippen molar-refractivity contribution in [3.63, 3.8) is 0 Å². The van der Waals surface area contributed by atoms with Gasteiger partial charge in [-0.05, 0) is 19.0 Å². The molecule has 0 saturated carbocycles. The highest BCUT2D eigenvalue weighted by Gasteiger charge is 2.09. The van der Waals surface area contributed by atoms with Crippen molar-refractivity contribution in [3.8, 4) is 0 Å². The van der Waals surface area contributed by atoms with Crippen molar-refractivity contribution >= 4 is 0 Å². The summed E-state index contributed by atoms with van der Waals surface area (Å²) in [5.74, 6) is -2.19. The maximum absolute atomic E-state index is 13.3. The Hall–Kier alpha value is -1.89. The summed E-state index contributed by atoms with van der Waals surface area (Å²) in [4.78, 5) is 3.96. The normalized spacial score (nSPS) is 10.9. The molecular weight excluding hydrogens is 257 g/mol. The van der Waals surface area contributed by atoms with Gasteiger partial charge in [0.2, 0.25) is 0 Å². The summed E-state index contributed by atoms with van der Waals surface area (Å²) in [6.07, 6.45) is 2.92. The molecule has 0 unspecified atom stereocenters. The Bertz CT molecular complexity index is 528. The molecule has 0 fully saturated rings. The summed E-state index contributed by atoms with van der Waals surface area (Å²) in [6, 6.07) is 1.43. The maximum Gasteiger partial charge on any atom is 0.161 e. The van der Waals surface area contributed by atoms with Gasteiger partial charge in [0, 0.05) is 24.6 Å². The van der Waals surface area contributed by atoms with E-state index < -0.39 is 17.5 Å². The van der Waals surface area contributed by atoms with Crippen molar-refractivity contribution in [2.24, 2.45) is 0 Å². The average Bonchev–Trinajstić information content (AvgIpc) is 2.88. The molecule has 7 heteroatoms. The van der Waals surface area contributed by atoms with Gasteiger partial charge in [-0.2, -0.15) is 5.10 Å². The van der Waals surface area contributed by atoms with E-state index in [1.807, 2.05) is 0 Å². The minimum atomic E-state index is -1.17. The molecule has 19 heavy (non-hydrogen) atoms. The summed E-state index contributed by atoms with van der Waals surface area (Å²) >= 11 is 0. The molecule has 1 aromatic heterocycles. The third kappa shape index (κ3) is 3.78. The van der Waals surface area contributed by atoms with Gasteiger partial charge in [-0.25, -0.2) is 18.2 Å². The summed E-state index contributed by atoms with van der Waals surface area (Å²) < 4.78 is 38.9. The van der Waals surface area contributed by atoms with Crippen molar-refractivity contribution in [1.82, 2.24) is 20.5 Å². The van der Waals surface area contributed by atoms with E-state index in [1.54, 1.807) is 0 Å². The van der Waals surface area contributed by atoms with E-state index >= 15 is 0 Å². The van der Waals surface area contributed by atoms with E-state index in [9.17, 15) is 13.2 Å². The number of hydrogen-bond donors (Lipinski definition) is 2. The monoisotopic (exact) mass is 270 g/mol. The zero-order valence-electron chi connectivity index (χ0n) is 10.1. The van der Waals surface area contributed by atoms with Crippen molar-refractivity contribution in [1.29, 1.82) is 0 Å². The summed E-state index contributed by atoms with van der Waals surface area (Å²) in [5.41, 5.74) is 0.110. The molecule has 2 aromatic rings. The summed E-state index contributed by atoms with van der Waals surface area (Å²) in [7, 11) is 0. The van der Waals surface area contributed by atoms with Crippen LogP contribution in [0.4, 0.5) is 13.2 Å². The van der Waals surface area contributed by atoms with E-state index in [-0.39, 0.29) is 12.1 Å². The van der Waals surface area contributed by atoms with Crippen molar-refractivity contribution in [2.75, 3.05) is 6.54 Å². The van der Waals surface area contributed by atoms with Crippen LogP contribution >= 0.6 is 0 Å². The number of nitrogens with one attached hydrogen (secondary N) is 2. The van der Waals surface area contributed by atoms with Crippen molar-refractivity contribution < 1.29 is 13.2 Å². The lowest BCUT2D eigenvalue weighted by Crippen LogP contribution is -2.16. The molecule has 102 valence electrons. The van der Waals surface area contributed by atoms with Crippen LogP contribution in [0.15, 0.2) is 18.5 Å². The second-order valence-corrected chi connectivity index (χ2v) is 4.07. The van der Waals surface area contributed by atoms with Gasteiger partial charge in [-0.1, -0.05) is 0 Å². The highest BCUT2D eigenvalue weighted by Crippen LogP contribution is 2.13. The van der Waals surface area contributed by atoms with E-state index in [4.69, 9.17) is 0 Å². The Kier molecular flexibility index (Phi) is 4.51. The molecule has 0 aliphatic rings. The smallest absolute Gasteiger partial charge is 0.161 e. The molecule has 4 nitrogen and oxygen atoms in total. The van der Waals surface area contributed by atoms with Gasteiger partial charge < -0.3 is 5.32 Å². The number of hydrogen-bond acceptors (Lipinski definition) is 3. The van der Waals surface area contributed by atoms with Crippen molar-refractivity contribution in [2.45, 2.75) is 19.4 Å². The zero-order chi connectivity index (χ0) is 13.7. The van der Waals surface area contributed by atoms with E-state index in [0.29, 0.717) is 19.0 Å². The van der Waals surface area contributed by atoms with Crippen LogP contribution in [-0.2, 0) is 13.0 Å². The fraction of sp³-hybridized carbons (Fsp3) is 0.333. The van der Waals surface area contributed by atoms with Crippen LogP contribution < -0.4 is 5.32 Å². The largest absolute Gasteiger partial charge is 0.313 e. The molecule has 0 atom stereocenters. The number of aromatic nitrogens is 3. The van der Waals surface area contributed by atoms with Crippen LogP contribution in [0.2, 0.25) is 0 Å². The molecule has 0 amide bonds. The average molecular weight is 270 g/mol. The molecule has 0 aliphatic heterocycles. The molecule has 0 radical (unpaired) electrons. The maximum atomic E-state index is 13.3. The fourth-order valence-electron chi connectivity index (χ4n) is 1.65. The molecule has 2 N–H and O–H groups in total. The Morgan fingerprint density at radius 2 is 1.89 bits per heavy atom. The first-order valence-electron chi connectivity index (χ1n) is 5.85. The molecule has 0 bridgehead atoms. The lowest BCUT2D eigenvalue weighted by molar-refractivity contribution is 0.486. The predicted octanol–water partition coefficient (Wildman–Crippen LogP) is 1.94. The standard InChI is InChI=1S/C12H13F3N4/c13-9-5-11(15)10(14)4-8(9)6-16-3-1-2-12-17-7-18-19-12/h4-5,7,16H,1-3,6H2,(H,17,18,19). The third-order valence-electron chi connectivity index (χ3n) is 2.64. The number of rotatable bonds is 6. The highest BCUT2D eigenvalue weighted by molar-refractivity contribution is 5.19. The Morgan fingerprint density at radius 1 is 1.11 bits per heavy atom. The number of aryl methyl sites for hydroxylation is 1. The number of nitrogens with zero attached hydrogens (tertiary/aromatic N) is 2. The first-order valence-corrected chi connectivity index (χ1v) is 5.85. The van der Waals surface area contributed by atoms with Crippen LogP contribution in [0.3, 0.4) is 0 Å². The first-order chi connectivity index (χ1) is 9.16. The van der Waals surface area contributed by atoms with Crippen LogP contribution in [0.1, 0.15) is 17.8 Å². The van der Waals surface area contributed by atoms with Gasteiger partial charge in [0.05, 0.1) is 0 Å². The Labute approximate surface area is 108 Å². The molecular formula is C12H13F3N4. The number of halogens is 3. The second-order valence-electron chi connectivity index (χ2n) is 4.07. The predicted molar refractivity (Wildman–Crippen MR) is 62.7 cm³/mol. The van der Waals surface area contributed by atoms with Gasteiger partial charge in [0.15, 0.2) is 11.6 Å². The van der Waals surface area contributed by atoms with Crippen molar-refractivity contribution in [3.05, 3.63) is 47.3 Å². The summed E-state index contributed by atoms with van der Waals surface area (Å²) in [6.45, 7) is 0.762. The molecule has 0 saturated heterocycles. The van der Waals surface area contributed by atoms with Gasteiger partial charge in [0.1, 0.15) is 18.0 Å². The first kappa shape index (κ1) is 13.5. The third-order valence-corrected chi connectivity index (χ3v) is 2.64. The van der Waals surface area contributed by atoms with Gasteiger partial charge in [-0.3, -0.25) is 5.10 Å². The van der Waals surface area contributed by atoms with Crippen LogP contribution in [0.5, 0.6) is 0 Å². The van der Waals surface area contributed by atoms with E-state index in [1.165, 1.54) is 6.33 Å². The molecule has 1 aromatic carbocycles. The number of aromatic amines is 1. The van der Waals surface area contributed by atoms with Crippen LogP contribution in [0, 0.1) is 17.5 Å². The number of H-pyrrole nitrogens is 1. The Morgan fingerprint density at radius 3 is 2.63 bits per heavy atom. The van der Waals surface area contributed by atoms with E-state index in [0.717, 1.165) is 18.3 Å². The van der Waals surface area contributed by atoms with Crippen LogP contribution in [-0.4, -0.2) is 21.7 Å². The van der Waals surface area contributed by atoms with Gasteiger partial charge in [-0.15, -0.1) is 0 Å². The lowest BCUT2D eigenvalue weighted by atomic mass is 10.2. The molecule has 1 heterocycles. The quantitative estimate of drug-likeness (QED) is 0.623. The topological polar surface area (TPSA) is 53.6 Å². The summed E-state index contributed by atoms with van der Waals surface area (Å²) in [5, 5.41) is 9.40. The molecule has 0 spiro atoms. The fourth-order valence-corrected chi connectivity index (χ4v) is 1.65. The lowest BCUT2D eigenvalue weighted by Gasteiger charge is -2.06. The van der Waals surface area contributed by atoms with E-state index in [2.05, 4.69) is 20.5 Å². The van der Waals surface area contributed by atoms with Crippen LogP contribution in [0.25, 0.3) is 0 Å². The molecule has 2 rings (SSSR count). The minimum absolute atomic E-state index is 0.110. The van der Waals surface area contributed by atoms with Gasteiger partial charge in [0.25, 0.3) is 0 Å².